The normalized spacial score (nSPS) is 14.3. The van der Waals surface area contributed by atoms with Gasteiger partial charge in [-0.15, -0.1) is 11.3 Å². The zero-order valence-electron chi connectivity index (χ0n) is 11.0. The SMILES string of the molecule is CC(Cc1cccs1)NC(C)c1ccc(F)c(Cl)c1. The summed E-state index contributed by atoms with van der Waals surface area (Å²) in [6, 6.07) is 9.59. The van der Waals surface area contributed by atoms with Crippen molar-refractivity contribution in [2.24, 2.45) is 0 Å². The molecule has 0 radical (unpaired) electrons. The Morgan fingerprint density at radius 3 is 2.74 bits per heavy atom. The zero-order valence-corrected chi connectivity index (χ0v) is 12.6. The molecule has 0 aliphatic carbocycles. The van der Waals surface area contributed by atoms with Crippen molar-refractivity contribution in [3.63, 3.8) is 0 Å². The highest BCUT2D eigenvalue weighted by Crippen LogP contribution is 2.21. The molecule has 1 N–H and O–H groups in total. The van der Waals surface area contributed by atoms with E-state index in [1.165, 1.54) is 10.9 Å². The van der Waals surface area contributed by atoms with Crippen LogP contribution in [0.2, 0.25) is 5.02 Å². The smallest absolute Gasteiger partial charge is 0.141 e. The van der Waals surface area contributed by atoms with Crippen LogP contribution in [0.15, 0.2) is 35.7 Å². The van der Waals surface area contributed by atoms with Crippen LogP contribution >= 0.6 is 22.9 Å². The maximum atomic E-state index is 13.1. The van der Waals surface area contributed by atoms with E-state index in [2.05, 4.69) is 36.7 Å². The minimum atomic E-state index is -0.371. The molecule has 2 aromatic rings. The van der Waals surface area contributed by atoms with Gasteiger partial charge in [0.15, 0.2) is 0 Å². The summed E-state index contributed by atoms with van der Waals surface area (Å²) in [5.41, 5.74) is 1.00. The van der Waals surface area contributed by atoms with Crippen molar-refractivity contribution in [2.75, 3.05) is 0 Å². The fourth-order valence-corrected chi connectivity index (χ4v) is 3.12. The predicted octanol–water partition coefficient (Wildman–Crippen LogP) is 4.82. The van der Waals surface area contributed by atoms with E-state index < -0.39 is 0 Å². The maximum absolute atomic E-state index is 13.1. The lowest BCUT2D eigenvalue weighted by atomic mass is 10.1. The van der Waals surface area contributed by atoms with Crippen LogP contribution in [-0.2, 0) is 6.42 Å². The first kappa shape index (κ1) is 14.5. The minimum Gasteiger partial charge on any atom is -0.307 e. The Labute approximate surface area is 122 Å². The highest BCUT2D eigenvalue weighted by Gasteiger charge is 2.12. The van der Waals surface area contributed by atoms with Crippen LogP contribution < -0.4 is 5.32 Å². The molecule has 1 aromatic carbocycles. The van der Waals surface area contributed by atoms with Crippen LogP contribution in [0.3, 0.4) is 0 Å². The fourth-order valence-electron chi connectivity index (χ4n) is 2.09. The van der Waals surface area contributed by atoms with E-state index >= 15 is 0 Å². The Balaban J connectivity index is 1.96. The van der Waals surface area contributed by atoms with Crippen LogP contribution in [0.25, 0.3) is 0 Å². The fraction of sp³-hybridized carbons (Fsp3) is 0.333. The summed E-state index contributed by atoms with van der Waals surface area (Å²) in [7, 11) is 0. The van der Waals surface area contributed by atoms with Crippen LogP contribution in [0.5, 0.6) is 0 Å². The lowest BCUT2D eigenvalue weighted by Gasteiger charge is -2.20. The lowest BCUT2D eigenvalue weighted by molar-refractivity contribution is 0.478. The van der Waals surface area contributed by atoms with Crippen LogP contribution in [0, 0.1) is 5.82 Å². The summed E-state index contributed by atoms with van der Waals surface area (Å²) >= 11 is 7.58. The third-order valence-electron chi connectivity index (χ3n) is 3.07. The standard InChI is InChI=1S/C15H17ClFNS/c1-10(8-13-4-3-7-19-13)18-11(2)12-5-6-15(17)14(16)9-12/h3-7,9-11,18H,8H2,1-2H3. The first-order valence-electron chi connectivity index (χ1n) is 6.29. The zero-order chi connectivity index (χ0) is 13.8. The first-order valence-corrected chi connectivity index (χ1v) is 7.55. The summed E-state index contributed by atoms with van der Waals surface area (Å²) in [6.45, 7) is 4.22. The second-order valence-corrected chi connectivity index (χ2v) is 6.19. The Kier molecular flexibility index (Phi) is 4.97. The van der Waals surface area contributed by atoms with Crippen LogP contribution in [0.4, 0.5) is 4.39 Å². The van der Waals surface area contributed by atoms with Gasteiger partial charge in [0.05, 0.1) is 5.02 Å². The number of hydrogen-bond acceptors (Lipinski definition) is 2. The van der Waals surface area contributed by atoms with Gasteiger partial charge >= 0.3 is 0 Å². The highest BCUT2D eigenvalue weighted by atomic mass is 35.5. The lowest BCUT2D eigenvalue weighted by Crippen LogP contribution is -2.30. The molecule has 0 bridgehead atoms. The van der Waals surface area contributed by atoms with Gasteiger partial charge in [-0.3, -0.25) is 0 Å². The third kappa shape index (κ3) is 4.03. The van der Waals surface area contributed by atoms with Gasteiger partial charge in [-0.2, -0.15) is 0 Å². The van der Waals surface area contributed by atoms with Crippen LogP contribution in [-0.4, -0.2) is 6.04 Å². The molecule has 1 aromatic heterocycles. The molecule has 19 heavy (non-hydrogen) atoms. The summed E-state index contributed by atoms with van der Waals surface area (Å²) in [5, 5.41) is 5.77. The molecular weight excluding hydrogens is 281 g/mol. The molecule has 0 spiro atoms. The van der Waals surface area contributed by atoms with E-state index in [4.69, 9.17) is 11.6 Å². The number of nitrogens with one attached hydrogen (secondary N) is 1. The Bertz CT molecular complexity index is 527. The van der Waals surface area contributed by atoms with Crippen molar-refractivity contribution in [2.45, 2.75) is 32.4 Å². The minimum absolute atomic E-state index is 0.146. The number of thiophene rings is 1. The average Bonchev–Trinajstić information content (AvgIpc) is 2.85. The van der Waals surface area contributed by atoms with E-state index in [1.54, 1.807) is 23.5 Å². The first-order chi connectivity index (χ1) is 9.06. The van der Waals surface area contributed by atoms with Gasteiger partial charge in [0.2, 0.25) is 0 Å². The van der Waals surface area contributed by atoms with Crippen molar-refractivity contribution in [1.82, 2.24) is 5.32 Å². The van der Waals surface area contributed by atoms with Crippen molar-refractivity contribution in [3.05, 3.63) is 57.0 Å². The van der Waals surface area contributed by atoms with Crippen molar-refractivity contribution >= 4 is 22.9 Å². The van der Waals surface area contributed by atoms with E-state index in [9.17, 15) is 4.39 Å². The number of hydrogen-bond donors (Lipinski definition) is 1. The van der Waals surface area contributed by atoms with Crippen LogP contribution in [0.1, 0.15) is 30.3 Å². The van der Waals surface area contributed by atoms with Gasteiger partial charge < -0.3 is 5.32 Å². The summed E-state index contributed by atoms with van der Waals surface area (Å²) < 4.78 is 13.1. The third-order valence-corrected chi connectivity index (χ3v) is 4.25. The maximum Gasteiger partial charge on any atom is 0.141 e. The molecule has 0 fully saturated rings. The van der Waals surface area contributed by atoms with Crippen molar-refractivity contribution in [1.29, 1.82) is 0 Å². The molecule has 2 rings (SSSR count). The van der Waals surface area contributed by atoms with Gasteiger partial charge in [0, 0.05) is 17.0 Å². The molecule has 0 aliphatic heterocycles. The topological polar surface area (TPSA) is 12.0 Å². The summed E-state index contributed by atoms with van der Waals surface area (Å²) in [6.07, 6.45) is 0.997. The Morgan fingerprint density at radius 1 is 1.32 bits per heavy atom. The molecule has 4 heteroatoms. The molecule has 102 valence electrons. The largest absolute Gasteiger partial charge is 0.307 e. The van der Waals surface area contributed by atoms with Crippen molar-refractivity contribution < 1.29 is 4.39 Å². The second kappa shape index (κ2) is 6.51. The monoisotopic (exact) mass is 297 g/mol. The van der Waals surface area contributed by atoms with Gasteiger partial charge in [-0.05, 0) is 49.4 Å². The van der Waals surface area contributed by atoms with Gasteiger partial charge in [-0.1, -0.05) is 23.7 Å². The van der Waals surface area contributed by atoms with Gasteiger partial charge in [-0.25, -0.2) is 4.39 Å². The molecule has 0 saturated heterocycles. The predicted molar refractivity (Wildman–Crippen MR) is 80.4 cm³/mol. The number of halogens is 2. The highest BCUT2D eigenvalue weighted by molar-refractivity contribution is 7.09. The number of rotatable bonds is 5. The van der Waals surface area contributed by atoms with E-state index in [1.807, 2.05) is 0 Å². The van der Waals surface area contributed by atoms with E-state index in [0.29, 0.717) is 6.04 Å². The average molecular weight is 298 g/mol. The molecular formula is C15H17ClFNS. The molecule has 0 aliphatic rings. The van der Waals surface area contributed by atoms with Gasteiger partial charge in [0.25, 0.3) is 0 Å². The molecule has 0 saturated carbocycles. The Hall–Kier alpha value is -0.900. The molecule has 2 unspecified atom stereocenters. The van der Waals surface area contributed by atoms with Gasteiger partial charge in [0.1, 0.15) is 5.82 Å². The molecule has 2 atom stereocenters. The van der Waals surface area contributed by atoms with Crippen molar-refractivity contribution in [3.8, 4) is 0 Å². The second-order valence-electron chi connectivity index (χ2n) is 4.75. The summed E-state index contributed by atoms with van der Waals surface area (Å²) in [4.78, 5) is 1.37. The molecule has 1 heterocycles. The van der Waals surface area contributed by atoms with E-state index in [-0.39, 0.29) is 16.9 Å². The number of benzene rings is 1. The Morgan fingerprint density at radius 2 is 2.11 bits per heavy atom. The quantitative estimate of drug-likeness (QED) is 0.834. The molecule has 1 nitrogen and oxygen atoms in total. The van der Waals surface area contributed by atoms with E-state index in [0.717, 1.165) is 12.0 Å². The summed E-state index contributed by atoms with van der Waals surface area (Å²) in [5.74, 6) is -0.371. The molecule has 0 amide bonds.